The van der Waals surface area contributed by atoms with Crippen LogP contribution in [0.25, 0.3) is 0 Å². The van der Waals surface area contributed by atoms with Crippen molar-refractivity contribution in [1.82, 2.24) is 0 Å². The van der Waals surface area contributed by atoms with Crippen molar-refractivity contribution in [2.24, 2.45) is 0 Å². The highest BCUT2D eigenvalue weighted by molar-refractivity contribution is 5.56. The van der Waals surface area contributed by atoms with E-state index in [-0.39, 0.29) is 23.7 Å². The Balaban J connectivity index is 1.37. The first kappa shape index (κ1) is 32.7. The topological polar surface area (TPSA) is 0 Å². The number of benzene rings is 8. The fourth-order valence-corrected chi connectivity index (χ4v) is 8.77. The third-order valence-electron chi connectivity index (χ3n) is 11.2. The zero-order valence-corrected chi connectivity index (χ0v) is 30.0. The van der Waals surface area contributed by atoms with Crippen LogP contribution in [0.4, 0.5) is 0 Å². The molecule has 8 bridgehead atoms. The van der Waals surface area contributed by atoms with E-state index in [0.29, 0.717) is 0 Å². The van der Waals surface area contributed by atoms with E-state index < -0.39 is 0 Å². The molecule has 53 heavy (non-hydrogen) atoms. The molecular weight excluding hydrogens is 637 g/mol. The van der Waals surface area contributed by atoms with Crippen molar-refractivity contribution in [3.63, 3.8) is 0 Å². The van der Waals surface area contributed by atoms with Gasteiger partial charge >= 0.3 is 0 Å². The van der Waals surface area contributed by atoms with Gasteiger partial charge in [0.1, 0.15) is 0 Å². The van der Waals surface area contributed by atoms with Crippen molar-refractivity contribution in [2.45, 2.75) is 30.6 Å². The summed E-state index contributed by atoms with van der Waals surface area (Å²) in [7, 11) is 0. The second-order valence-corrected chi connectivity index (χ2v) is 14.5. The maximum atomic E-state index is 2.50. The van der Waals surface area contributed by atoms with Crippen LogP contribution in [0.1, 0.15) is 96.0 Å². The summed E-state index contributed by atoms with van der Waals surface area (Å²) in [6.45, 7) is 2.28. The van der Waals surface area contributed by atoms with Gasteiger partial charge in [-0.3, -0.25) is 0 Å². The van der Waals surface area contributed by atoms with Crippen LogP contribution in [0.3, 0.4) is 0 Å². The van der Waals surface area contributed by atoms with Gasteiger partial charge in [-0.05, 0) is 79.2 Å². The predicted molar refractivity (Wildman–Crippen MR) is 220 cm³/mol. The first-order valence-corrected chi connectivity index (χ1v) is 18.8. The van der Waals surface area contributed by atoms with Gasteiger partial charge in [0, 0.05) is 23.7 Å². The molecule has 1 aliphatic rings. The first-order valence-electron chi connectivity index (χ1n) is 18.8. The minimum Gasteiger partial charge on any atom is -0.0622 e. The summed E-state index contributed by atoms with van der Waals surface area (Å²) in [6.07, 6.45) is 0. The zero-order chi connectivity index (χ0) is 35.6. The van der Waals surface area contributed by atoms with Crippen LogP contribution < -0.4 is 0 Å². The Morgan fingerprint density at radius 2 is 0.491 bits per heavy atom. The van der Waals surface area contributed by atoms with Crippen molar-refractivity contribution in [1.29, 1.82) is 0 Å². The molecule has 1 aliphatic carbocycles. The molecule has 0 saturated carbocycles. The third kappa shape index (κ3) is 6.43. The average Bonchev–Trinajstić information content (AvgIpc) is 3.21. The Morgan fingerprint density at radius 3 is 0.830 bits per heavy atom. The lowest BCUT2D eigenvalue weighted by molar-refractivity contribution is 0.901. The van der Waals surface area contributed by atoms with Gasteiger partial charge in [-0.15, -0.1) is 0 Å². The standard InChI is InChI=1S/C53H42/c1-37-31-32-48-36-49(37)53(41-23-12-5-13-24-41)47-30-16-29-46(35-47)51(39-19-8-3-9-20-39)43-26-14-25-42(33-43)50(38-17-6-2-7-18-38)44-27-15-28-45(34-44)52(48)40-21-10-4-11-22-40/h2-36,50-53H,1H3. The summed E-state index contributed by atoms with van der Waals surface area (Å²) in [4.78, 5) is 0. The minimum absolute atomic E-state index is 0.0661. The third-order valence-corrected chi connectivity index (χ3v) is 11.2. The highest BCUT2D eigenvalue weighted by Crippen LogP contribution is 2.43. The largest absolute Gasteiger partial charge is 0.0622 e. The molecule has 0 nitrogen and oxygen atoms in total. The van der Waals surface area contributed by atoms with Crippen LogP contribution in [-0.2, 0) is 0 Å². The maximum absolute atomic E-state index is 2.50. The molecule has 254 valence electrons. The number of hydrogen-bond donors (Lipinski definition) is 0. The molecule has 0 aromatic heterocycles. The smallest absolute Gasteiger partial charge is 0.0342 e. The number of aryl methyl sites for hydroxylation is 1. The molecule has 0 spiro atoms. The molecule has 8 aromatic carbocycles. The summed E-state index contributed by atoms with van der Waals surface area (Å²) in [5.74, 6) is 0.269. The van der Waals surface area contributed by atoms with Gasteiger partial charge in [0.15, 0.2) is 0 Å². The van der Waals surface area contributed by atoms with Crippen LogP contribution in [0.15, 0.2) is 212 Å². The summed E-state index contributed by atoms with van der Waals surface area (Å²) in [5, 5.41) is 0. The molecule has 0 aliphatic heterocycles. The Labute approximate surface area is 314 Å². The molecule has 9 rings (SSSR count). The maximum Gasteiger partial charge on any atom is 0.0342 e. The Bertz CT molecular complexity index is 2460. The predicted octanol–water partition coefficient (Wildman–Crippen LogP) is 13.0. The van der Waals surface area contributed by atoms with Gasteiger partial charge < -0.3 is 0 Å². The molecule has 4 unspecified atom stereocenters. The van der Waals surface area contributed by atoms with Crippen molar-refractivity contribution in [2.75, 3.05) is 0 Å². The van der Waals surface area contributed by atoms with Crippen LogP contribution in [0, 0.1) is 6.92 Å². The Morgan fingerprint density at radius 1 is 0.226 bits per heavy atom. The van der Waals surface area contributed by atoms with Crippen LogP contribution in [-0.4, -0.2) is 0 Å². The molecule has 0 heteroatoms. The van der Waals surface area contributed by atoms with Crippen LogP contribution >= 0.6 is 0 Å². The van der Waals surface area contributed by atoms with E-state index in [1.54, 1.807) is 0 Å². The molecule has 0 amide bonds. The normalized spacial score (nSPS) is 17.9. The first-order chi connectivity index (χ1) is 26.2. The van der Waals surface area contributed by atoms with Gasteiger partial charge in [-0.2, -0.15) is 0 Å². The van der Waals surface area contributed by atoms with Crippen LogP contribution in [0.5, 0.6) is 0 Å². The molecule has 0 N–H and O–H groups in total. The lowest BCUT2D eigenvalue weighted by Crippen LogP contribution is -2.12. The summed E-state index contributed by atoms with van der Waals surface area (Å²) in [6, 6.07) is 79.5. The molecule has 0 radical (unpaired) electrons. The summed E-state index contributed by atoms with van der Waals surface area (Å²) >= 11 is 0. The quantitative estimate of drug-likeness (QED) is 0.174. The molecule has 0 heterocycles. The van der Waals surface area contributed by atoms with E-state index in [1.165, 1.54) is 72.3 Å². The minimum atomic E-state index is 0.0661. The van der Waals surface area contributed by atoms with Gasteiger partial charge in [0.05, 0.1) is 0 Å². The van der Waals surface area contributed by atoms with E-state index in [4.69, 9.17) is 0 Å². The number of hydrogen-bond acceptors (Lipinski definition) is 0. The molecule has 0 saturated heterocycles. The van der Waals surface area contributed by atoms with Crippen molar-refractivity contribution < 1.29 is 0 Å². The molecular formula is C53H42. The molecule has 8 aromatic rings. The number of fused-ring (bicyclic) bond motifs is 8. The zero-order valence-electron chi connectivity index (χ0n) is 30.0. The SMILES string of the molecule is Cc1ccc2cc1C(c1ccccc1)c1cccc(c1)C(c1ccccc1)c1cccc(c1)C(c1ccccc1)c1cccc(c1)C2c1ccccc1. The second kappa shape index (κ2) is 14.4. The highest BCUT2D eigenvalue weighted by atomic mass is 14.3. The van der Waals surface area contributed by atoms with Gasteiger partial charge in [0.25, 0.3) is 0 Å². The van der Waals surface area contributed by atoms with E-state index >= 15 is 0 Å². The fraction of sp³-hybridized carbons (Fsp3) is 0.0943. The second-order valence-electron chi connectivity index (χ2n) is 14.5. The monoisotopic (exact) mass is 678 g/mol. The van der Waals surface area contributed by atoms with Gasteiger partial charge in [-0.25, -0.2) is 0 Å². The van der Waals surface area contributed by atoms with Crippen LogP contribution in [0.2, 0.25) is 0 Å². The fourth-order valence-electron chi connectivity index (χ4n) is 8.77. The average molecular weight is 679 g/mol. The van der Waals surface area contributed by atoms with Crippen molar-refractivity contribution >= 4 is 0 Å². The number of rotatable bonds is 4. The van der Waals surface area contributed by atoms with E-state index in [2.05, 4.69) is 219 Å². The summed E-state index contributed by atoms with van der Waals surface area (Å²) < 4.78 is 0. The molecule has 4 atom stereocenters. The highest BCUT2D eigenvalue weighted by Gasteiger charge is 2.27. The Kier molecular flexibility index (Phi) is 8.88. The van der Waals surface area contributed by atoms with Gasteiger partial charge in [-0.1, -0.05) is 212 Å². The van der Waals surface area contributed by atoms with Crippen molar-refractivity contribution in [3.05, 3.63) is 285 Å². The lowest BCUT2D eigenvalue weighted by Gasteiger charge is -2.28. The Hall–Kier alpha value is -6.24. The lowest BCUT2D eigenvalue weighted by atomic mass is 9.76. The van der Waals surface area contributed by atoms with Crippen molar-refractivity contribution in [3.8, 4) is 0 Å². The van der Waals surface area contributed by atoms with E-state index in [0.717, 1.165) is 0 Å². The van der Waals surface area contributed by atoms with E-state index in [1.807, 2.05) is 0 Å². The molecule has 0 fully saturated rings. The van der Waals surface area contributed by atoms with Gasteiger partial charge in [0.2, 0.25) is 0 Å². The summed E-state index contributed by atoms with van der Waals surface area (Å²) in [5.41, 5.74) is 16.9. The van der Waals surface area contributed by atoms with E-state index in [9.17, 15) is 0 Å².